The van der Waals surface area contributed by atoms with E-state index in [1.165, 1.54) is 4.90 Å². The fourth-order valence-electron chi connectivity index (χ4n) is 3.70. The van der Waals surface area contributed by atoms with E-state index in [1.54, 1.807) is 0 Å². The molecule has 2 aliphatic rings. The number of ether oxygens (including phenoxy) is 2. The van der Waals surface area contributed by atoms with Gasteiger partial charge < -0.3 is 9.47 Å². The maximum atomic E-state index is 12.7. The lowest BCUT2D eigenvalue weighted by Gasteiger charge is -2.22. The number of fused-ring (bicyclic) bond motifs is 1. The van der Waals surface area contributed by atoms with E-state index < -0.39 is 12.1 Å². The van der Waals surface area contributed by atoms with Crippen LogP contribution in [0.15, 0.2) is 48.5 Å². The average molecular weight is 351 g/mol. The minimum absolute atomic E-state index is 0.0433. The standard InChI is InChI=1S/C21H21NO4/c1-2-14-8-9-16(15-6-4-3-5-7-15)12-19(14)26-21(24)22-11-10-18-20(22)17(23)13-25-18/h3-9,12,18,20H,2,10-11,13H2,1H3. The Morgan fingerprint density at radius 2 is 2.00 bits per heavy atom. The number of Topliss-reactive ketones (excluding diaryl/α,β-unsaturated/α-hetero) is 1. The van der Waals surface area contributed by atoms with Crippen molar-refractivity contribution in [1.29, 1.82) is 0 Å². The molecule has 0 aliphatic carbocycles. The summed E-state index contributed by atoms with van der Waals surface area (Å²) in [5.41, 5.74) is 3.01. The van der Waals surface area contributed by atoms with E-state index in [0.717, 1.165) is 23.1 Å². The first-order chi connectivity index (χ1) is 12.7. The number of hydrogen-bond donors (Lipinski definition) is 0. The molecular formula is C21H21NO4. The van der Waals surface area contributed by atoms with E-state index in [2.05, 4.69) is 0 Å². The molecule has 2 aliphatic heterocycles. The van der Waals surface area contributed by atoms with Crippen molar-refractivity contribution in [3.63, 3.8) is 0 Å². The summed E-state index contributed by atoms with van der Waals surface area (Å²) in [5.74, 6) is 0.506. The largest absolute Gasteiger partial charge is 0.415 e. The molecule has 2 saturated heterocycles. The number of aryl methyl sites for hydroxylation is 1. The Labute approximate surface area is 152 Å². The van der Waals surface area contributed by atoms with Crippen LogP contribution in [0.4, 0.5) is 4.79 Å². The lowest BCUT2D eigenvalue weighted by molar-refractivity contribution is -0.120. The fourth-order valence-corrected chi connectivity index (χ4v) is 3.70. The number of nitrogens with zero attached hydrogens (tertiary/aromatic N) is 1. The monoisotopic (exact) mass is 351 g/mol. The summed E-state index contributed by atoms with van der Waals surface area (Å²) < 4.78 is 11.2. The molecular weight excluding hydrogens is 330 g/mol. The van der Waals surface area contributed by atoms with Gasteiger partial charge in [0.15, 0.2) is 5.78 Å². The first-order valence-corrected chi connectivity index (χ1v) is 8.98. The number of ketones is 1. The fraction of sp³-hybridized carbons (Fsp3) is 0.333. The Kier molecular flexibility index (Phi) is 4.47. The second-order valence-corrected chi connectivity index (χ2v) is 6.65. The summed E-state index contributed by atoms with van der Waals surface area (Å²) >= 11 is 0. The molecule has 0 bridgehead atoms. The van der Waals surface area contributed by atoms with Crippen LogP contribution in [0, 0.1) is 0 Å². The highest BCUT2D eigenvalue weighted by Crippen LogP contribution is 2.31. The summed E-state index contributed by atoms with van der Waals surface area (Å²) in [5, 5.41) is 0. The zero-order valence-electron chi connectivity index (χ0n) is 14.7. The van der Waals surface area contributed by atoms with Crippen LogP contribution in [-0.2, 0) is 16.0 Å². The van der Waals surface area contributed by atoms with Crippen LogP contribution in [0.1, 0.15) is 18.9 Å². The lowest BCUT2D eigenvalue weighted by atomic mass is 10.0. The molecule has 2 aromatic rings. The van der Waals surface area contributed by atoms with Gasteiger partial charge in [0.2, 0.25) is 0 Å². The third-order valence-electron chi connectivity index (χ3n) is 5.10. The van der Waals surface area contributed by atoms with Crippen LogP contribution in [0.2, 0.25) is 0 Å². The summed E-state index contributed by atoms with van der Waals surface area (Å²) in [4.78, 5) is 26.2. The number of carbonyl (C=O) groups is 2. The molecule has 0 radical (unpaired) electrons. The molecule has 4 rings (SSSR count). The van der Waals surface area contributed by atoms with Crippen LogP contribution in [-0.4, -0.2) is 42.1 Å². The second kappa shape index (κ2) is 6.92. The van der Waals surface area contributed by atoms with Crippen molar-refractivity contribution in [2.45, 2.75) is 31.9 Å². The van der Waals surface area contributed by atoms with Crippen molar-refractivity contribution in [2.75, 3.05) is 13.2 Å². The predicted molar refractivity (Wildman–Crippen MR) is 97.1 cm³/mol. The third kappa shape index (κ3) is 2.99. The van der Waals surface area contributed by atoms with Crippen molar-refractivity contribution in [3.05, 3.63) is 54.1 Å². The van der Waals surface area contributed by atoms with Crippen molar-refractivity contribution in [3.8, 4) is 16.9 Å². The normalized spacial score (nSPS) is 21.7. The molecule has 0 aromatic heterocycles. The minimum atomic E-state index is -0.495. The first kappa shape index (κ1) is 16.8. The van der Waals surface area contributed by atoms with Crippen LogP contribution in [0.25, 0.3) is 11.1 Å². The molecule has 2 unspecified atom stereocenters. The van der Waals surface area contributed by atoms with Gasteiger partial charge in [-0.2, -0.15) is 0 Å². The van der Waals surface area contributed by atoms with Gasteiger partial charge in [0.1, 0.15) is 18.4 Å². The Hall–Kier alpha value is -2.66. The van der Waals surface area contributed by atoms with Crippen molar-refractivity contribution in [1.82, 2.24) is 4.90 Å². The van der Waals surface area contributed by atoms with Crippen molar-refractivity contribution >= 4 is 11.9 Å². The molecule has 2 heterocycles. The minimum Gasteiger partial charge on any atom is -0.410 e. The van der Waals surface area contributed by atoms with Gasteiger partial charge in [0, 0.05) is 6.54 Å². The summed E-state index contributed by atoms with van der Waals surface area (Å²) in [6, 6.07) is 15.4. The molecule has 5 nitrogen and oxygen atoms in total. The zero-order valence-corrected chi connectivity index (χ0v) is 14.7. The lowest BCUT2D eigenvalue weighted by Crippen LogP contribution is -2.43. The van der Waals surface area contributed by atoms with Crippen LogP contribution >= 0.6 is 0 Å². The van der Waals surface area contributed by atoms with Gasteiger partial charge >= 0.3 is 6.09 Å². The van der Waals surface area contributed by atoms with Crippen LogP contribution < -0.4 is 4.74 Å². The number of amides is 1. The van der Waals surface area contributed by atoms with Gasteiger partial charge in [-0.15, -0.1) is 0 Å². The van der Waals surface area contributed by atoms with E-state index >= 15 is 0 Å². The van der Waals surface area contributed by atoms with Crippen LogP contribution in [0.5, 0.6) is 5.75 Å². The SMILES string of the molecule is CCc1ccc(-c2ccccc2)cc1OC(=O)N1CCC2OCC(=O)C21. The number of carbonyl (C=O) groups excluding carboxylic acids is 2. The molecule has 134 valence electrons. The van der Waals surface area contributed by atoms with E-state index in [0.29, 0.717) is 18.7 Å². The molecule has 2 fully saturated rings. The summed E-state index contributed by atoms with van der Waals surface area (Å²) in [6.07, 6.45) is 0.773. The summed E-state index contributed by atoms with van der Waals surface area (Å²) in [7, 11) is 0. The molecule has 0 N–H and O–H groups in total. The second-order valence-electron chi connectivity index (χ2n) is 6.65. The molecule has 2 aromatic carbocycles. The van der Waals surface area contributed by atoms with E-state index in [4.69, 9.17) is 9.47 Å². The number of likely N-dealkylation sites (tertiary alicyclic amines) is 1. The Balaban J connectivity index is 1.59. The van der Waals surface area contributed by atoms with Gasteiger partial charge in [-0.25, -0.2) is 4.79 Å². The quantitative estimate of drug-likeness (QED) is 0.850. The van der Waals surface area contributed by atoms with Crippen molar-refractivity contribution in [2.24, 2.45) is 0 Å². The average Bonchev–Trinajstić information content (AvgIpc) is 3.25. The van der Waals surface area contributed by atoms with E-state index in [1.807, 2.05) is 55.5 Å². The molecule has 2 atom stereocenters. The highest BCUT2D eigenvalue weighted by molar-refractivity contribution is 5.91. The van der Waals surface area contributed by atoms with Crippen LogP contribution in [0.3, 0.4) is 0 Å². The number of rotatable bonds is 3. The summed E-state index contributed by atoms with van der Waals surface area (Å²) in [6.45, 7) is 2.59. The van der Waals surface area contributed by atoms with E-state index in [-0.39, 0.29) is 18.5 Å². The van der Waals surface area contributed by atoms with Gasteiger partial charge in [0.25, 0.3) is 0 Å². The zero-order chi connectivity index (χ0) is 18.1. The predicted octanol–water partition coefficient (Wildman–Crippen LogP) is 3.46. The highest BCUT2D eigenvalue weighted by Gasteiger charge is 2.47. The number of hydrogen-bond acceptors (Lipinski definition) is 4. The highest BCUT2D eigenvalue weighted by atomic mass is 16.6. The van der Waals surface area contributed by atoms with Gasteiger partial charge in [-0.05, 0) is 35.6 Å². The van der Waals surface area contributed by atoms with Gasteiger partial charge in [0.05, 0.1) is 6.10 Å². The van der Waals surface area contributed by atoms with Crippen molar-refractivity contribution < 1.29 is 19.1 Å². The molecule has 0 saturated carbocycles. The smallest absolute Gasteiger partial charge is 0.410 e. The van der Waals surface area contributed by atoms with Gasteiger partial charge in [-0.1, -0.05) is 49.4 Å². The Morgan fingerprint density at radius 3 is 2.77 bits per heavy atom. The first-order valence-electron chi connectivity index (χ1n) is 8.98. The molecule has 1 amide bonds. The molecule has 5 heteroatoms. The Bertz CT molecular complexity index is 833. The van der Waals surface area contributed by atoms with E-state index in [9.17, 15) is 9.59 Å². The van der Waals surface area contributed by atoms with Gasteiger partial charge in [-0.3, -0.25) is 9.69 Å². The number of benzene rings is 2. The molecule has 0 spiro atoms. The maximum Gasteiger partial charge on any atom is 0.415 e. The maximum absolute atomic E-state index is 12.7. The topological polar surface area (TPSA) is 55.8 Å². The Morgan fingerprint density at radius 1 is 1.19 bits per heavy atom. The third-order valence-corrected chi connectivity index (χ3v) is 5.10. The molecule has 26 heavy (non-hydrogen) atoms.